The van der Waals surface area contributed by atoms with Gasteiger partial charge in [-0.05, 0) is 49.7 Å². The minimum absolute atomic E-state index is 0.0977. The van der Waals surface area contributed by atoms with Gasteiger partial charge in [0, 0.05) is 23.4 Å². The second-order valence-corrected chi connectivity index (χ2v) is 10.8. The molecule has 2 aromatic carbocycles. The highest BCUT2D eigenvalue weighted by Crippen LogP contribution is 2.59. The molecule has 0 aliphatic rings. The van der Waals surface area contributed by atoms with Gasteiger partial charge in [-0.2, -0.15) is 32.1 Å². The van der Waals surface area contributed by atoms with E-state index >= 15 is 0 Å². The molecular weight excluding hydrogens is 590 g/mol. The van der Waals surface area contributed by atoms with Crippen molar-refractivity contribution < 1.29 is 31.9 Å². The van der Waals surface area contributed by atoms with Crippen molar-refractivity contribution in [3.63, 3.8) is 0 Å². The third kappa shape index (κ3) is 7.84. The van der Waals surface area contributed by atoms with Gasteiger partial charge in [0.1, 0.15) is 11.4 Å². The molecule has 0 unspecified atom stereocenters. The van der Waals surface area contributed by atoms with Crippen LogP contribution in [0, 0.1) is 0 Å². The number of benzene rings is 2. The first-order chi connectivity index (χ1) is 18.0. The second-order valence-electron chi connectivity index (χ2n) is 7.80. The average molecular weight is 617 g/mol. The minimum atomic E-state index is -4.74. The molecule has 1 amide bonds. The second kappa shape index (κ2) is 12.8. The number of alkyl halides is 3. The lowest BCUT2D eigenvalue weighted by molar-refractivity contribution is -0.137. The van der Waals surface area contributed by atoms with E-state index in [2.05, 4.69) is 41.8 Å². The fraction of sp³-hybridized carbons (Fsp3) is 0.292. The number of halogens is 4. The summed E-state index contributed by atoms with van der Waals surface area (Å²) in [5, 5.41) is 7.96. The Balaban J connectivity index is 1.87. The smallest absolute Gasteiger partial charge is 0.355 e. The molecule has 0 bridgehead atoms. The Labute approximate surface area is 226 Å². The zero-order valence-electron chi connectivity index (χ0n) is 20.8. The summed E-state index contributed by atoms with van der Waals surface area (Å²) in [5.74, 6) is -1.11. The first kappa shape index (κ1) is 29.7. The summed E-state index contributed by atoms with van der Waals surface area (Å²) in [6.45, 7) is 4.13. The number of nitrogens with one attached hydrogen (secondary N) is 3. The van der Waals surface area contributed by atoms with E-state index in [1.54, 1.807) is 44.2 Å². The largest absolute Gasteiger partial charge is 0.421 e. The molecule has 0 aliphatic carbocycles. The standard InChI is InChI=1S/C24H26BrF3N5O4P/c1-4-36-38(35,37-5-2)14-15-6-9-17(10-7-15)31-23-30-13-19(24(26,27)28)21(33-23)32-20-11-8-16(25)12-18(20)22(34)29-3/h6-13,35H,4-5,14H2,1-3H3,(H2-,29,30,31,32,33,34)/p+1. The lowest BCUT2D eigenvalue weighted by Crippen LogP contribution is -2.20. The van der Waals surface area contributed by atoms with Crippen LogP contribution in [0.4, 0.5) is 36.3 Å². The minimum Gasteiger partial charge on any atom is -0.355 e. The van der Waals surface area contributed by atoms with Crippen molar-refractivity contribution >= 4 is 52.9 Å². The highest BCUT2D eigenvalue weighted by Gasteiger charge is 2.40. The Morgan fingerprint density at radius 3 is 2.32 bits per heavy atom. The Kier molecular flexibility index (Phi) is 10.0. The number of amides is 1. The predicted octanol–water partition coefficient (Wildman–Crippen LogP) is 6.43. The van der Waals surface area contributed by atoms with Crippen LogP contribution in [0.3, 0.4) is 0 Å². The first-order valence-electron chi connectivity index (χ1n) is 11.5. The van der Waals surface area contributed by atoms with E-state index in [0.29, 0.717) is 29.6 Å². The normalized spacial score (nSPS) is 11.8. The fourth-order valence-corrected chi connectivity index (χ4v) is 5.50. The molecule has 0 radical (unpaired) electrons. The molecule has 0 saturated heterocycles. The third-order valence-corrected chi connectivity index (χ3v) is 7.64. The number of carbonyl (C=O) groups excluding carboxylic acids is 1. The van der Waals surface area contributed by atoms with Crippen molar-refractivity contribution in [1.82, 2.24) is 15.3 Å². The summed E-state index contributed by atoms with van der Waals surface area (Å²) in [5.41, 5.74) is 0.413. The monoisotopic (exact) mass is 616 g/mol. The molecule has 1 heterocycles. The number of nitrogens with zero attached hydrogens (tertiary/aromatic N) is 2. The summed E-state index contributed by atoms with van der Waals surface area (Å²) in [7, 11) is -1.62. The van der Waals surface area contributed by atoms with Gasteiger partial charge in [0.2, 0.25) is 5.95 Å². The van der Waals surface area contributed by atoms with Crippen LogP contribution in [-0.2, 0) is 21.4 Å². The first-order valence-corrected chi connectivity index (χ1v) is 14.0. The number of carbonyl (C=O) groups is 1. The lowest BCUT2D eigenvalue weighted by atomic mass is 10.1. The SMILES string of the molecule is CCO[P+](O)(Cc1ccc(Nc2ncc(C(F)(F)F)c(Nc3ccc(Br)cc3C(=O)NC)n2)cc1)OCC. The quantitative estimate of drug-likeness (QED) is 0.182. The predicted molar refractivity (Wildman–Crippen MR) is 144 cm³/mol. The van der Waals surface area contributed by atoms with Crippen molar-refractivity contribution in [3.05, 3.63) is 69.8 Å². The van der Waals surface area contributed by atoms with Gasteiger partial charge in [-0.3, -0.25) is 4.79 Å². The molecule has 38 heavy (non-hydrogen) atoms. The number of anilines is 4. The van der Waals surface area contributed by atoms with Crippen molar-refractivity contribution in [2.24, 2.45) is 0 Å². The molecule has 4 N–H and O–H groups in total. The maximum Gasteiger partial charge on any atom is 0.421 e. The van der Waals surface area contributed by atoms with Gasteiger partial charge in [0.25, 0.3) is 5.91 Å². The molecule has 3 aromatic rings. The van der Waals surface area contributed by atoms with Crippen LogP contribution in [0.2, 0.25) is 0 Å². The van der Waals surface area contributed by atoms with Gasteiger partial charge in [-0.25, -0.2) is 4.98 Å². The summed E-state index contributed by atoms with van der Waals surface area (Å²) in [6, 6.07) is 11.3. The molecule has 0 saturated carbocycles. The summed E-state index contributed by atoms with van der Waals surface area (Å²) in [6.07, 6.45) is -3.90. The molecule has 14 heteroatoms. The van der Waals surface area contributed by atoms with Gasteiger partial charge in [-0.1, -0.05) is 28.1 Å². The van der Waals surface area contributed by atoms with Gasteiger partial charge in [0.05, 0.1) is 24.5 Å². The summed E-state index contributed by atoms with van der Waals surface area (Å²) >= 11 is 3.26. The van der Waals surface area contributed by atoms with E-state index < -0.39 is 31.4 Å². The maximum atomic E-state index is 13.7. The van der Waals surface area contributed by atoms with Gasteiger partial charge in [-0.15, -0.1) is 0 Å². The van der Waals surface area contributed by atoms with Crippen LogP contribution in [0.5, 0.6) is 0 Å². The molecule has 204 valence electrons. The van der Waals surface area contributed by atoms with Crippen LogP contribution in [0.1, 0.15) is 35.3 Å². The highest BCUT2D eigenvalue weighted by atomic mass is 79.9. The fourth-order valence-electron chi connectivity index (χ4n) is 3.41. The van der Waals surface area contributed by atoms with Crippen LogP contribution in [0.25, 0.3) is 0 Å². The topological polar surface area (TPSA) is 118 Å². The van der Waals surface area contributed by atoms with E-state index in [0.717, 1.165) is 5.56 Å². The molecule has 0 spiro atoms. The maximum absolute atomic E-state index is 13.7. The van der Waals surface area contributed by atoms with Gasteiger partial charge >= 0.3 is 14.1 Å². The van der Waals surface area contributed by atoms with Crippen LogP contribution < -0.4 is 16.0 Å². The Morgan fingerprint density at radius 2 is 1.74 bits per heavy atom. The molecule has 0 atom stereocenters. The van der Waals surface area contributed by atoms with E-state index in [1.807, 2.05) is 0 Å². The number of hydrogen-bond donors (Lipinski definition) is 4. The van der Waals surface area contributed by atoms with E-state index in [-0.39, 0.29) is 23.4 Å². The Morgan fingerprint density at radius 1 is 1.08 bits per heavy atom. The van der Waals surface area contributed by atoms with E-state index in [9.17, 15) is 22.9 Å². The number of aromatic nitrogens is 2. The number of rotatable bonds is 11. The van der Waals surface area contributed by atoms with Crippen molar-refractivity contribution in [2.45, 2.75) is 26.2 Å². The zero-order chi connectivity index (χ0) is 27.9. The zero-order valence-corrected chi connectivity index (χ0v) is 23.2. The molecule has 9 nitrogen and oxygen atoms in total. The summed E-state index contributed by atoms with van der Waals surface area (Å²) in [4.78, 5) is 30.7. The molecular formula is C24H27BrF3N5O4P+. The molecule has 0 fully saturated rings. The molecule has 3 rings (SSSR count). The van der Waals surface area contributed by atoms with Crippen LogP contribution >= 0.6 is 23.9 Å². The Bertz CT molecular complexity index is 1260. The summed E-state index contributed by atoms with van der Waals surface area (Å²) < 4.78 is 52.6. The van der Waals surface area contributed by atoms with Crippen molar-refractivity contribution in [1.29, 1.82) is 0 Å². The number of hydrogen-bond acceptors (Lipinski definition) is 8. The van der Waals surface area contributed by atoms with Crippen molar-refractivity contribution in [2.75, 3.05) is 30.9 Å². The Hall–Kier alpha value is -2.83. The van der Waals surface area contributed by atoms with Crippen LogP contribution in [-0.4, -0.2) is 41.0 Å². The highest BCUT2D eigenvalue weighted by molar-refractivity contribution is 9.10. The molecule has 0 aliphatic heterocycles. The van der Waals surface area contributed by atoms with Gasteiger partial charge < -0.3 is 16.0 Å². The molecule has 1 aromatic heterocycles. The average Bonchev–Trinajstić information content (AvgIpc) is 2.85. The van der Waals surface area contributed by atoms with E-state index in [1.165, 1.54) is 19.2 Å². The van der Waals surface area contributed by atoms with Gasteiger partial charge in [0.15, 0.2) is 6.16 Å². The lowest BCUT2D eigenvalue weighted by Gasteiger charge is -2.17. The van der Waals surface area contributed by atoms with Crippen molar-refractivity contribution in [3.8, 4) is 0 Å². The van der Waals surface area contributed by atoms with Crippen LogP contribution in [0.15, 0.2) is 53.1 Å². The third-order valence-electron chi connectivity index (χ3n) is 5.05. The van der Waals surface area contributed by atoms with E-state index in [4.69, 9.17) is 9.05 Å².